The van der Waals surface area contributed by atoms with Crippen molar-refractivity contribution in [3.8, 4) is 5.75 Å². The number of carbonyl (C=O) groups is 1. The first kappa shape index (κ1) is 12.9. The lowest BCUT2D eigenvalue weighted by Gasteiger charge is -2.41. The minimum absolute atomic E-state index is 0.0756. The monoisotopic (exact) mass is 250 g/mol. The number of hydrogen-bond acceptors (Lipinski definition) is 3. The van der Waals surface area contributed by atoms with E-state index in [1.54, 1.807) is 7.11 Å². The zero-order chi connectivity index (χ0) is 13.3. The molecule has 1 aliphatic heterocycles. The maximum atomic E-state index is 11.1. The number of carboxylic acid groups (broad SMARTS) is 1. The Hall–Kier alpha value is -1.55. The van der Waals surface area contributed by atoms with E-state index in [1.165, 1.54) is 0 Å². The topological polar surface area (TPSA) is 55.8 Å². The van der Waals surface area contributed by atoms with Gasteiger partial charge in [-0.15, -0.1) is 0 Å². The highest BCUT2D eigenvalue weighted by molar-refractivity contribution is 5.70. The number of rotatable bonds is 4. The van der Waals surface area contributed by atoms with E-state index in [-0.39, 0.29) is 6.42 Å². The molecule has 2 rings (SSSR count). The van der Waals surface area contributed by atoms with E-state index in [4.69, 9.17) is 14.6 Å². The lowest BCUT2D eigenvalue weighted by molar-refractivity contribution is -0.145. The van der Waals surface area contributed by atoms with E-state index < -0.39 is 11.4 Å². The summed E-state index contributed by atoms with van der Waals surface area (Å²) < 4.78 is 10.7. The minimum atomic E-state index is -0.806. The van der Waals surface area contributed by atoms with Crippen LogP contribution in [0, 0.1) is 13.8 Å². The van der Waals surface area contributed by atoms with Crippen molar-refractivity contribution in [3.05, 3.63) is 28.8 Å². The molecule has 98 valence electrons. The molecule has 4 heteroatoms. The first-order chi connectivity index (χ1) is 8.48. The fourth-order valence-electron chi connectivity index (χ4n) is 2.61. The van der Waals surface area contributed by atoms with E-state index in [0.717, 1.165) is 22.4 Å². The second-order valence-corrected chi connectivity index (χ2v) is 5.01. The molecule has 0 saturated carbocycles. The van der Waals surface area contributed by atoms with Crippen molar-refractivity contribution in [2.45, 2.75) is 25.7 Å². The molecule has 1 aliphatic rings. The molecule has 18 heavy (non-hydrogen) atoms. The van der Waals surface area contributed by atoms with Crippen molar-refractivity contribution in [2.24, 2.45) is 0 Å². The third kappa shape index (κ3) is 2.08. The quantitative estimate of drug-likeness (QED) is 0.888. The van der Waals surface area contributed by atoms with Gasteiger partial charge in [-0.3, -0.25) is 4.79 Å². The van der Waals surface area contributed by atoms with Crippen LogP contribution in [0.5, 0.6) is 5.75 Å². The third-order valence-corrected chi connectivity index (χ3v) is 3.44. The summed E-state index contributed by atoms with van der Waals surface area (Å²) in [6, 6.07) is 4.05. The van der Waals surface area contributed by atoms with Crippen LogP contribution in [-0.2, 0) is 14.9 Å². The zero-order valence-corrected chi connectivity index (χ0v) is 10.9. The normalized spacial score (nSPS) is 17.1. The Morgan fingerprint density at radius 1 is 1.44 bits per heavy atom. The fraction of sp³-hybridized carbons (Fsp3) is 0.500. The Labute approximate surface area is 107 Å². The molecule has 0 atom stereocenters. The molecule has 0 spiro atoms. The van der Waals surface area contributed by atoms with Gasteiger partial charge in [-0.2, -0.15) is 0 Å². The maximum absolute atomic E-state index is 11.1. The summed E-state index contributed by atoms with van der Waals surface area (Å²) in [6.07, 6.45) is 0.0756. The lowest BCUT2D eigenvalue weighted by Crippen LogP contribution is -2.48. The Kier molecular flexibility index (Phi) is 3.30. The van der Waals surface area contributed by atoms with Gasteiger partial charge in [-0.25, -0.2) is 0 Å². The Balaban J connectivity index is 2.51. The summed E-state index contributed by atoms with van der Waals surface area (Å²) in [4.78, 5) is 11.1. The number of ether oxygens (including phenoxy) is 2. The molecule has 1 aromatic carbocycles. The van der Waals surface area contributed by atoms with Gasteiger partial charge in [-0.05, 0) is 19.4 Å². The van der Waals surface area contributed by atoms with Gasteiger partial charge >= 0.3 is 5.97 Å². The summed E-state index contributed by atoms with van der Waals surface area (Å²) in [6.45, 7) is 4.87. The summed E-state index contributed by atoms with van der Waals surface area (Å²) >= 11 is 0. The van der Waals surface area contributed by atoms with Crippen LogP contribution < -0.4 is 4.74 Å². The van der Waals surface area contributed by atoms with Gasteiger partial charge in [-0.1, -0.05) is 17.7 Å². The maximum Gasteiger partial charge on any atom is 0.304 e. The van der Waals surface area contributed by atoms with E-state index >= 15 is 0 Å². The number of benzene rings is 1. The molecule has 0 radical (unpaired) electrons. The number of aryl methyl sites for hydroxylation is 2. The Bertz CT molecular complexity index is 475. The van der Waals surface area contributed by atoms with Crippen molar-refractivity contribution in [3.63, 3.8) is 0 Å². The molecule has 0 aromatic heterocycles. The highest BCUT2D eigenvalue weighted by Gasteiger charge is 2.44. The van der Waals surface area contributed by atoms with Crippen LogP contribution in [0.15, 0.2) is 12.1 Å². The molecule has 1 N–H and O–H groups in total. The number of carboxylic acids is 1. The predicted octanol–water partition coefficient (Wildman–Crippen LogP) is 2.05. The van der Waals surface area contributed by atoms with Crippen molar-refractivity contribution in [1.29, 1.82) is 0 Å². The summed E-state index contributed by atoms with van der Waals surface area (Å²) in [5.74, 6) is -0.0235. The van der Waals surface area contributed by atoms with E-state index in [1.807, 2.05) is 26.0 Å². The Morgan fingerprint density at radius 2 is 2.11 bits per heavy atom. The smallest absolute Gasteiger partial charge is 0.304 e. The summed E-state index contributed by atoms with van der Waals surface area (Å²) in [7, 11) is 1.62. The molecule has 1 heterocycles. The van der Waals surface area contributed by atoms with Crippen LogP contribution >= 0.6 is 0 Å². The molecule has 0 unspecified atom stereocenters. The van der Waals surface area contributed by atoms with Crippen LogP contribution in [0.1, 0.15) is 23.1 Å². The fourth-order valence-corrected chi connectivity index (χ4v) is 2.61. The molecule has 4 nitrogen and oxygen atoms in total. The molecule has 1 aromatic rings. The standard InChI is InChI=1S/C14H18O4/c1-9-4-10(2)13(17-3)11(5-9)14(6-12(15)16)7-18-8-14/h4-5H,6-8H2,1-3H3,(H,15,16). The third-order valence-electron chi connectivity index (χ3n) is 3.44. The SMILES string of the molecule is COc1c(C)cc(C)cc1C1(CC(=O)O)COC1. The van der Waals surface area contributed by atoms with Crippen molar-refractivity contribution in [1.82, 2.24) is 0 Å². The highest BCUT2D eigenvalue weighted by Crippen LogP contribution is 2.42. The van der Waals surface area contributed by atoms with E-state index in [9.17, 15) is 4.79 Å². The van der Waals surface area contributed by atoms with Gasteiger partial charge in [0.2, 0.25) is 0 Å². The lowest BCUT2D eigenvalue weighted by atomic mass is 9.74. The van der Waals surface area contributed by atoms with Crippen molar-refractivity contribution >= 4 is 5.97 Å². The molecular weight excluding hydrogens is 232 g/mol. The van der Waals surface area contributed by atoms with Crippen LogP contribution in [0.2, 0.25) is 0 Å². The molecule has 1 fully saturated rings. The van der Waals surface area contributed by atoms with Crippen LogP contribution in [-0.4, -0.2) is 31.4 Å². The molecule has 0 aliphatic carbocycles. The zero-order valence-electron chi connectivity index (χ0n) is 10.9. The second-order valence-electron chi connectivity index (χ2n) is 5.01. The van der Waals surface area contributed by atoms with Crippen LogP contribution in [0.4, 0.5) is 0 Å². The van der Waals surface area contributed by atoms with E-state index in [2.05, 4.69) is 0 Å². The predicted molar refractivity (Wildman–Crippen MR) is 67.2 cm³/mol. The molecular formula is C14H18O4. The first-order valence-corrected chi connectivity index (χ1v) is 5.94. The molecule has 0 amide bonds. The molecule has 0 bridgehead atoms. The van der Waals surface area contributed by atoms with Gasteiger partial charge in [0.25, 0.3) is 0 Å². The van der Waals surface area contributed by atoms with E-state index in [0.29, 0.717) is 13.2 Å². The number of aliphatic carboxylic acids is 1. The number of hydrogen-bond donors (Lipinski definition) is 1. The highest BCUT2D eigenvalue weighted by atomic mass is 16.5. The average molecular weight is 250 g/mol. The van der Waals surface area contributed by atoms with Crippen molar-refractivity contribution in [2.75, 3.05) is 20.3 Å². The molecule has 1 saturated heterocycles. The van der Waals surface area contributed by atoms with Crippen LogP contribution in [0.3, 0.4) is 0 Å². The second kappa shape index (κ2) is 4.61. The van der Waals surface area contributed by atoms with Crippen molar-refractivity contribution < 1.29 is 19.4 Å². The largest absolute Gasteiger partial charge is 0.496 e. The average Bonchev–Trinajstić information content (AvgIpc) is 2.22. The minimum Gasteiger partial charge on any atom is -0.496 e. The van der Waals surface area contributed by atoms with Gasteiger partial charge < -0.3 is 14.6 Å². The van der Waals surface area contributed by atoms with Gasteiger partial charge in [0.1, 0.15) is 5.75 Å². The van der Waals surface area contributed by atoms with Gasteiger partial charge in [0.05, 0.1) is 32.2 Å². The first-order valence-electron chi connectivity index (χ1n) is 5.94. The van der Waals surface area contributed by atoms with Gasteiger partial charge in [0.15, 0.2) is 0 Å². The Morgan fingerprint density at radius 3 is 2.56 bits per heavy atom. The number of methoxy groups -OCH3 is 1. The summed E-state index contributed by atoms with van der Waals surface area (Å²) in [5.41, 5.74) is 2.66. The van der Waals surface area contributed by atoms with Gasteiger partial charge in [0, 0.05) is 5.56 Å². The summed E-state index contributed by atoms with van der Waals surface area (Å²) in [5, 5.41) is 9.08. The van der Waals surface area contributed by atoms with Crippen LogP contribution in [0.25, 0.3) is 0 Å².